The van der Waals surface area contributed by atoms with Crippen molar-refractivity contribution in [3.05, 3.63) is 35.4 Å². The van der Waals surface area contributed by atoms with Gasteiger partial charge in [0.25, 0.3) is 0 Å². The van der Waals surface area contributed by atoms with Gasteiger partial charge in [0.15, 0.2) is 0 Å². The van der Waals surface area contributed by atoms with Gasteiger partial charge in [-0.3, -0.25) is 4.90 Å². The molecule has 0 aliphatic rings. The monoisotopic (exact) mass is 302 g/mol. The maximum atomic E-state index is 12.5. The summed E-state index contributed by atoms with van der Waals surface area (Å²) in [4.78, 5) is 1.45. The van der Waals surface area contributed by atoms with E-state index in [1.54, 1.807) is 0 Å². The summed E-state index contributed by atoms with van der Waals surface area (Å²) in [6.45, 7) is 4.85. The van der Waals surface area contributed by atoms with Gasteiger partial charge < -0.3 is 5.32 Å². The number of nitrogens with one attached hydrogen (secondary N) is 1. The minimum Gasteiger partial charge on any atom is -0.319 e. The van der Waals surface area contributed by atoms with Crippen LogP contribution in [0.1, 0.15) is 37.3 Å². The molecule has 0 heterocycles. The summed E-state index contributed by atoms with van der Waals surface area (Å²) in [7, 11) is 1.91. The molecule has 0 saturated carbocycles. The lowest BCUT2D eigenvalue weighted by atomic mass is 10.00. The zero-order chi connectivity index (χ0) is 15.9. The van der Waals surface area contributed by atoms with E-state index in [1.807, 2.05) is 38.2 Å². The van der Waals surface area contributed by atoms with Crippen molar-refractivity contribution in [1.29, 1.82) is 0 Å². The SMILES string of the molecule is CCCN(Cc1ccc(C(C)CNC)cc1)CC(F)(F)F. The minimum absolute atomic E-state index is 0.341. The molecule has 1 aromatic rings. The second-order valence-electron chi connectivity index (χ2n) is 5.53. The molecule has 0 fully saturated rings. The summed E-state index contributed by atoms with van der Waals surface area (Å²) in [6, 6.07) is 7.88. The molecule has 1 rings (SSSR count). The molecule has 1 unspecified atom stereocenters. The van der Waals surface area contributed by atoms with Crippen LogP contribution in [0.25, 0.3) is 0 Å². The van der Waals surface area contributed by atoms with E-state index in [4.69, 9.17) is 0 Å². The zero-order valence-electron chi connectivity index (χ0n) is 13.0. The number of nitrogens with zero attached hydrogens (tertiary/aromatic N) is 1. The molecule has 1 atom stereocenters. The van der Waals surface area contributed by atoms with E-state index < -0.39 is 12.7 Å². The fourth-order valence-electron chi connectivity index (χ4n) is 2.42. The lowest BCUT2D eigenvalue weighted by Gasteiger charge is -2.23. The van der Waals surface area contributed by atoms with Crippen LogP contribution in [0.15, 0.2) is 24.3 Å². The quantitative estimate of drug-likeness (QED) is 0.786. The summed E-state index contributed by atoms with van der Waals surface area (Å²) in [5.74, 6) is 0.394. The Labute approximate surface area is 125 Å². The maximum Gasteiger partial charge on any atom is 0.401 e. The largest absolute Gasteiger partial charge is 0.401 e. The highest BCUT2D eigenvalue weighted by Gasteiger charge is 2.30. The number of alkyl halides is 3. The Bertz CT molecular complexity index is 401. The molecule has 0 aliphatic carbocycles. The van der Waals surface area contributed by atoms with Crippen molar-refractivity contribution < 1.29 is 13.2 Å². The fourth-order valence-corrected chi connectivity index (χ4v) is 2.42. The zero-order valence-corrected chi connectivity index (χ0v) is 13.0. The van der Waals surface area contributed by atoms with E-state index in [0.717, 1.165) is 12.1 Å². The van der Waals surface area contributed by atoms with Crippen LogP contribution in [0.3, 0.4) is 0 Å². The smallest absolute Gasteiger partial charge is 0.319 e. The Kier molecular flexibility index (Phi) is 7.18. The third kappa shape index (κ3) is 6.96. The van der Waals surface area contributed by atoms with Gasteiger partial charge in [-0.2, -0.15) is 13.2 Å². The molecule has 0 amide bonds. The number of hydrogen-bond acceptors (Lipinski definition) is 2. The minimum atomic E-state index is -4.14. The molecule has 0 spiro atoms. The highest BCUT2D eigenvalue weighted by Crippen LogP contribution is 2.20. The fraction of sp³-hybridized carbons (Fsp3) is 0.625. The van der Waals surface area contributed by atoms with Crippen LogP contribution >= 0.6 is 0 Å². The van der Waals surface area contributed by atoms with Gasteiger partial charge in [-0.05, 0) is 37.1 Å². The van der Waals surface area contributed by atoms with Gasteiger partial charge in [0.2, 0.25) is 0 Å². The second kappa shape index (κ2) is 8.39. The highest BCUT2D eigenvalue weighted by atomic mass is 19.4. The van der Waals surface area contributed by atoms with Crippen LogP contribution in [0.5, 0.6) is 0 Å². The maximum absolute atomic E-state index is 12.5. The Balaban J connectivity index is 2.67. The molecule has 1 aromatic carbocycles. The lowest BCUT2D eigenvalue weighted by molar-refractivity contribution is -0.147. The molecule has 0 aromatic heterocycles. The molecular formula is C16H25F3N2. The van der Waals surface area contributed by atoms with Crippen LogP contribution in [0.4, 0.5) is 13.2 Å². The number of halogens is 3. The summed E-state index contributed by atoms with van der Waals surface area (Å²) in [6.07, 6.45) is -3.43. The number of hydrogen-bond donors (Lipinski definition) is 1. The predicted octanol–water partition coefficient (Wildman–Crippen LogP) is 3.78. The van der Waals surface area contributed by atoms with Crippen molar-refractivity contribution in [2.45, 2.75) is 38.9 Å². The summed E-state index contributed by atoms with van der Waals surface area (Å²) in [5, 5.41) is 3.12. The molecule has 0 aliphatic heterocycles. The third-order valence-corrected chi connectivity index (χ3v) is 3.41. The Morgan fingerprint density at radius 3 is 2.29 bits per heavy atom. The number of benzene rings is 1. The first-order valence-corrected chi connectivity index (χ1v) is 7.38. The van der Waals surface area contributed by atoms with Crippen molar-refractivity contribution in [2.24, 2.45) is 0 Å². The molecule has 5 heteroatoms. The van der Waals surface area contributed by atoms with Gasteiger partial charge in [-0.1, -0.05) is 38.1 Å². The first-order chi connectivity index (χ1) is 9.85. The molecule has 0 saturated heterocycles. The molecule has 1 N–H and O–H groups in total. The van der Waals surface area contributed by atoms with Crippen molar-refractivity contribution in [1.82, 2.24) is 10.2 Å². The Morgan fingerprint density at radius 2 is 1.81 bits per heavy atom. The van der Waals surface area contributed by atoms with Crippen molar-refractivity contribution >= 4 is 0 Å². The van der Waals surface area contributed by atoms with Gasteiger partial charge in [-0.15, -0.1) is 0 Å². The Morgan fingerprint density at radius 1 is 1.19 bits per heavy atom. The molecule has 21 heavy (non-hydrogen) atoms. The topological polar surface area (TPSA) is 15.3 Å². The van der Waals surface area contributed by atoms with Gasteiger partial charge in [0.05, 0.1) is 6.54 Å². The second-order valence-corrected chi connectivity index (χ2v) is 5.53. The summed E-state index contributed by atoms with van der Waals surface area (Å²) >= 11 is 0. The molecular weight excluding hydrogens is 277 g/mol. The number of rotatable bonds is 8. The Hall–Kier alpha value is -1.07. The van der Waals surface area contributed by atoms with Crippen LogP contribution in [-0.2, 0) is 6.54 Å². The highest BCUT2D eigenvalue weighted by molar-refractivity contribution is 5.25. The molecule has 0 radical (unpaired) electrons. The third-order valence-electron chi connectivity index (χ3n) is 3.41. The molecule has 2 nitrogen and oxygen atoms in total. The van der Waals surface area contributed by atoms with E-state index in [2.05, 4.69) is 12.2 Å². The van der Waals surface area contributed by atoms with Gasteiger partial charge >= 0.3 is 6.18 Å². The molecule has 0 bridgehead atoms. The molecule has 120 valence electrons. The summed E-state index contributed by atoms with van der Waals surface area (Å²) in [5.41, 5.74) is 2.12. The van der Waals surface area contributed by atoms with E-state index in [9.17, 15) is 13.2 Å². The average molecular weight is 302 g/mol. The summed E-state index contributed by atoms with van der Waals surface area (Å²) < 4.78 is 37.6. The van der Waals surface area contributed by atoms with Crippen molar-refractivity contribution in [3.63, 3.8) is 0 Å². The van der Waals surface area contributed by atoms with Gasteiger partial charge in [0, 0.05) is 13.1 Å². The average Bonchev–Trinajstić information content (AvgIpc) is 2.38. The normalized spacial score (nSPS) is 13.7. The van der Waals surface area contributed by atoms with E-state index in [1.165, 1.54) is 10.5 Å². The van der Waals surface area contributed by atoms with Gasteiger partial charge in [-0.25, -0.2) is 0 Å². The van der Waals surface area contributed by atoms with Crippen LogP contribution in [-0.4, -0.2) is 37.8 Å². The van der Waals surface area contributed by atoms with Crippen LogP contribution in [0, 0.1) is 0 Å². The van der Waals surface area contributed by atoms with E-state index in [0.29, 0.717) is 25.4 Å². The lowest BCUT2D eigenvalue weighted by Crippen LogP contribution is -2.34. The number of likely N-dealkylation sites (N-methyl/N-ethyl adjacent to an activating group) is 1. The first-order valence-electron chi connectivity index (χ1n) is 7.38. The van der Waals surface area contributed by atoms with E-state index in [-0.39, 0.29) is 0 Å². The van der Waals surface area contributed by atoms with Crippen molar-refractivity contribution in [2.75, 3.05) is 26.7 Å². The predicted molar refractivity (Wildman–Crippen MR) is 80.4 cm³/mol. The van der Waals surface area contributed by atoms with Crippen molar-refractivity contribution in [3.8, 4) is 0 Å². The standard InChI is InChI=1S/C16H25F3N2/c1-4-9-21(12-16(17,18)19)11-14-5-7-15(8-6-14)13(2)10-20-3/h5-8,13,20H,4,9-12H2,1-3H3. The van der Waals surface area contributed by atoms with E-state index >= 15 is 0 Å². The van der Waals surface area contributed by atoms with Crippen LogP contribution < -0.4 is 5.32 Å². The first kappa shape index (κ1) is 18.0. The van der Waals surface area contributed by atoms with Crippen LogP contribution in [0.2, 0.25) is 0 Å². The van der Waals surface area contributed by atoms with Gasteiger partial charge in [0.1, 0.15) is 0 Å².